The number of hydrogen-bond acceptors (Lipinski definition) is 8. The summed E-state index contributed by atoms with van der Waals surface area (Å²) in [6.07, 6.45) is 1.46. The van der Waals surface area contributed by atoms with Crippen LogP contribution in [0.3, 0.4) is 0 Å². The molecule has 0 spiro atoms. The maximum absolute atomic E-state index is 13.2. The number of aryl methyl sites for hydroxylation is 2. The van der Waals surface area contributed by atoms with E-state index in [0.717, 1.165) is 16.8 Å². The van der Waals surface area contributed by atoms with Crippen molar-refractivity contribution in [2.75, 3.05) is 31.6 Å². The number of nitrogens with one attached hydrogen (secondary N) is 2. The molecule has 0 bridgehead atoms. The number of carbonyl (C=O) groups excluding carboxylic acids is 1. The van der Waals surface area contributed by atoms with Crippen LogP contribution in [0.2, 0.25) is 0 Å². The summed E-state index contributed by atoms with van der Waals surface area (Å²) in [6.45, 7) is 6.95. The zero-order chi connectivity index (χ0) is 29.6. The van der Waals surface area contributed by atoms with E-state index in [2.05, 4.69) is 25.5 Å². The van der Waals surface area contributed by atoms with Crippen LogP contribution >= 0.6 is 0 Å². The molecule has 3 aromatic heterocycles. The molecule has 5 aromatic rings. The lowest BCUT2D eigenvalue weighted by Gasteiger charge is -2.26. The van der Waals surface area contributed by atoms with E-state index in [1.807, 2.05) is 32.0 Å². The van der Waals surface area contributed by atoms with Crippen molar-refractivity contribution < 1.29 is 17.9 Å². The molecule has 6 rings (SSSR count). The van der Waals surface area contributed by atoms with E-state index in [1.165, 1.54) is 39.4 Å². The first kappa shape index (κ1) is 27.5. The van der Waals surface area contributed by atoms with Gasteiger partial charge in [-0.1, -0.05) is 12.1 Å². The number of hydrogen-bond donors (Lipinski definition) is 2. The molecule has 0 unspecified atom stereocenters. The lowest BCUT2D eigenvalue weighted by molar-refractivity contribution is 0.0730. The zero-order valence-electron chi connectivity index (χ0n) is 23.2. The minimum Gasteiger partial charge on any atom is -0.379 e. The third-order valence-corrected chi connectivity index (χ3v) is 9.14. The summed E-state index contributed by atoms with van der Waals surface area (Å²) in [5.41, 5.74) is 3.60. The first-order valence-electron chi connectivity index (χ1n) is 13.2. The van der Waals surface area contributed by atoms with Gasteiger partial charge in [0.2, 0.25) is 16.0 Å². The molecule has 42 heavy (non-hydrogen) atoms. The number of aromatic amines is 1. The molecule has 2 N–H and O–H groups in total. The van der Waals surface area contributed by atoms with Crippen LogP contribution in [0.15, 0.2) is 64.4 Å². The Balaban J connectivity index is 1.31. The molecule has 0 radical (unpaired) electrons. The number of morpholine rings is 1. The molecule has 1 aliphatic heterocycles. The Bertz CT molecular complexity index is 1990. The van der Waals surface area contributed by atoms with E-state index in [-0.39, 0.29) is 35.3 Å². The average molecular weight is 589 g/mol. The number of amides is 1. The number of carbonyl (C=O) groups is 1. The number of aromatic nitrogens is 6. The van der Waals surface area contributed by atoms with Crippen LogP contribution in [-0.2, 0) is 14.8 Å². The summed E-state index contributed by atoms with van der Waals surface area (Å²) in [7, 11) is -3.69. The van der Waals surface area contributed by atoms with Crippen molar-refractivity contribution in [3.05, 3.63) is 87.5 Å². The Kier molecular flexibility index (Phi) is 6.96. The molecule has 14 heteroatoms. The smallest absolute Gasteiger partial charge is 0.263 e. The van der Waals surface area contributed by atoms with Gasteiger partial charge < -0.3 is 10.1 Å². The molecule has 0 atom stereocenters. The summed E-state index contributed by atoms with van der Waals surface area (Å²) in [5.74, 6) is -0.131. The summed E-state index contributed by atoms with van der Waals surface area (Å²) < 4.78 is 35.4. The van der Waals surface area contributed by atoms with Crippen molar-refractivity contribution in [2.45, 2.75) is 25.7 Å². The van der Waals surface area contributed by atoms with Crippen LogP contribution in [0.1, 0.15) is 27.2 Å². The Morgan fingerprint density at radius 3 is 2.50 bits per heavy atom. The van der Waals surface area contributed by atoms with Gasteiger partial charge in [-0.15, -0.1) is 0 Å². The Morgan fingerprint density at radius 1 is 1.02 bits per heavy atom. The molecule has 4 heterocycles. The van der Waals surface area contributed by atoms with Gasteiger partial charge in [0.1, 0.15) is 11.2 Å². The van der Waals surface area contributed by atoms with Crippen molar-refractivity contribution in [3.63, 3.8) is 0 Å². The second-order valence-electron chi connectivity index (χ2n) is 9.98. The van der Waals surface area contributed by atoms with E-state index in [1.54, 1.807) is 17.7 Å². The van der Waals surface area contributed by atoms with Gasteiger partial charge >= 0.3 is 0 Å². The van der Waals surface area contributed by atoms with E-state index in [9.17, 15) is 18.0 Å². The largest absolute Gasteiger partial charge is 0.379 e. The number of sulfonamides is 1. The van der Waals surface area contributed by atoms with Crippen molar-refractivity contribution in [1.29, 1.82) is 0 Å². The Hall–Kier alpha value is -4.66. The monoisotopic (exact) mass is 588 g/mol. The molecule has 0 aliphatic carbocycles. The van der Waals surface area contributed by atoms with Gasteiger partial charge in [-0.3, -0.25) is 14.6 Å². The molecule has 1 aliphatic rings. The molecule has 1 fully saturated rings. The summed E-state index contributed by atoms with van der Waals surface area (Å²) in [6, 6.07) is 13.2. The Labute approximate surface area is 240 Å². The van der Waals surface area contributed by atoms with Gasteiger partial charge in [0.05, 0.1) is 35.7 Å². The Morgan fingerprint density at radius 2 is 1.76 bits per heavy atom. The lowest BCUT2D eigenvalue weighted by Crippen LogP contribution is -2.40. The highest BCUT2D eigenvalue weighted by Crippen LogP contribution is 2.23. The fraction of sp³-hybridized carbons (Fsp3) is 0.250. The lowest BCUT2D eigenvalue weighted by atomic mass is 10.1. The van der Waals surface area contributed by atoms with Gasteiger partial charge in [0, 0.05) is 24.7 Å². The molecule has 13 nitrogen and oxygen atoms in total. The number of anilines is 1. The van der Waals surface area contributed by atoms with Crippen LogP contribution in [-0.4, -0.2) is 74.5 Å². The van der Waals surface area contributed by atoms with E-state index in [0.29, 0.717) is 29.9 Å². The second-order valence-corrected chi connectivity index (χ2v) is 11.9. The maximum Gasteiger partial charge on any atom is 0.263 e. The topological polar surface area (TPSA) is 157 Å². The third kappa shape index (κ3) is 4.89. The van der Waals surface area contributed by atoms with Crippen molar-refractivity contribution >= 4 is 32.8 Å². The standard InChI is InChI=1S/C28H28N8O5S/c1-17-5-4-6-23(19(17)3)35-25-22(16-29-35)27(38)32-28(31-25)36-24(15-18(2)33-36)30-26(37)20-7-9-21(10-8-20)42(39,40)34-11-13-41-14-12-34/h4-10,15-16H,11-14H2,1-3H3,(H,30,37)(H,31,32,38). The highest BCUT2D eigenvalue weighted by molar-refractivity contribution is 7.89. The number of rotatable bonds is 6. The van der Waals surface area contributed by atoms with Crippen LogP contribution in [0.4, 0.5) is 5.82 Å². The van der Waals surface area contributed by atoms with E-state index in [4.69, 9.17) is 4.74 Å². The molecule has 1 amide bonds. The number of ether oxygens (including phenoxy) is 1. The van der Waals surface area contributed by atoms with E-state index >= 15 is 0 Å². The number of fused-ring (bicyclic) bond motifs is 1. The van der Waals surface area contributed by atoms with Crippen LogP contribution in [0.5, 0.6) is 0 Å². The fourth-order valence-corrected chi connectivity index (χ4v) is 6.21. The van der Waals surface area contributed by atoms with Gasteiger partial charge in [-0.05, 0) is 62.2 Å². The number of H-pyrrole nitrogens is 1. The zero-order valence-corrected chi connectivity index (χ0v) is 24.0. The maximum atomic E-state index is 13.2. The minimum atomic E-state index is -3.69. The molecule has 1 saturated heterocycles. The minimum absolute atomic E-state index is 0.0925. The fourth-order valence-electron chi connectivity index (χ4n) is 4.80. The number of nitrogens with zero attached hydrogens (tertiary/aromatic N) is 6. The van der Waals surface area contributed by atoms with Crippen LogP contribution in [0.25, 0.3) is 22.7 Å². The van der Waals surface area contributed by atoms with Crippen LogP contribution in [0, 0.1) is 20.8 Å². The SMILES string of the molecule is Cc1cc(NC(=O)c2ccc(S(=O)(=O)N3CCOCC3)cc2)n(-c2nc3c(cnn3-c3cccc(C)c3C)c(=O)[nH]2)n1. The van der Waals surface area contributed by atoms with Gasteiger partial charge in [0.15, 0.2) is 5.65 Å². The highest BCUT2D eigenvalue weighted by Gasteiger charge is 2.26. The normalized spacial score (nSPS) is 14.4. The predicted molar refractivity (Wildman–Crippen MR) is 155 cm³/mol. The molecule has 2 aromatic carbocycles. The van der Waals surface area contributed by atoms with Crippen molar-refractivity contribution in [1.82, 2.24) is 33.8 Å². The summed E-state index contributed by atoms with van der Waals surface area (Å²) in [5, 5.41) is 12.0. The summed E-state index contributed by atoms with van der Waals surface area (Å²) >= 11 is 0. The van der Waals surface area contributed by atoms with Crippen molar-refractivity contribution in [3.8, 4) is 11.6 Å². The first-order chi connectivity index (χ1) is 20.1. The first-order valence-corrected chi connectivity index (χ1v) is 14.7. The van der Waals surface area contributed by atoms with Crippen molar-refractivity contribution in [2.24, 2.45) is 0 Å². The van der Waals surface area contributed by atoms with E-state index < -0.39 is 21.5 Å². The van der Waals surface area contributed by atoms with Gasteiger partial charge in [-0.25, -0.2) is 13.1 Å². The predicted octanol–water partition coefficient (Wildman–Crippen LogP) is 2.49. The molecule has 216 valence electrons. The van der Waals surface area contributed by atoms with Gasteiger partial charge in [0.25, 0.3) is 11.5 Å². The third-order valence-electron chi connectivity index (χ3n) is 7.23. The highest BCUT2D eigenvalue weighted by atomic mass is 32.2. The average Bonchev–Trinajstić information content (AvgIpc) is 3.58. The second kappa shape index (κ2) is 10.6. The molecular weight excluding hydrogens is 560 g/mol. The van der Waals surface area contributed by atoms with Gasteiger partial charge in [-0.2, -0.15) is 24.2 Å². The van der Waals surface area contributed by atoms with Crippen LogP contribution < -0.4 is 10.9 Å². The summed E-state index contributed by atoms with van der Waals surface area (Å²) in [4.78, 5) is 33.7. The quantitative estimate of drug-likeness (QED) is 0.306. The number of benzene rings is 2. The molecular formula is C28H28N8O5S. The molecule has 0 saturated carbocycles.